The van der Waals surface area contributed by atoms with Crippen LogP contribution in [0.4, 0.5) is 0 Å². The van der Waals surface area contributed by atoms with E-state index in [9.17, 15) is 4.79 Å². The number of esters is 1. The van der Waals surface area contributed by atoms with Crippen molar-refractivity contribution in [2.45, 2.75) is 49.9 Å². The molecule has 4 nitrogen and oxygen atoms in total. The number of benzene rings is 2. The molecule has 0 spiro atoms. The first-order valence-electron chi connectivity index (χ1n) is 8.97. The Hall–Kier alpha value is -2.24. The zero-order valence-corrected chi connectivity index (χ0v) is 18.2. The van der Waals surface area contributed by atoms with Crippen molar-refractivity contribution < 1.29 is 9.53 Å². The summed E-state index contributed by atoms with van der Waals surface area (Å²) in [5.74, 6) is -0.0146. The average Bonchev–Trinajstić information content (AvgIpc) is 2.93. The zero-order valence-electron chi connectivity index (χ0n) is 16.6. The van der Waals surface area contributed by atoms with Gasteiger partial charge in [0.1, 0.15) is 0 Å². The largest absolute Gasteiger partial charge is 0.403 e. The molecule has 0 fully saturated rings. The molecule has 6 heteroatoms. The van der Waals surface area contributed by atoms with Crippen molar-refractivity contribution in [2.75, 3.05) is 0 Å². The Bertz CT molecular complexity index is 1000. The molecule has 3 rings (SSSR count). The maximum atomic E-state index is 12.8. The fraction of sp³-hybridized carbons (Fsp3) is 0.273. The van der Waals surface area contributed by atoms with Gasteiger partial charge in [0.25, 0.3) is 0 Å². The highest BCUT2D eigenvalue weighted by atomic mass is 35.5. The predicted octanol–water partition coefficient (Wildman–Crippen LogP) is 6.28. The van der Waals surface area contributed by atoms with Gasteiger partial charge < -0.3 is 4.74 Å². The number of carbonyl (C=O) groups is 1. The van der Waals surface area contributed by atoms with Gasteiger partial charge in [0.05, 0.1) is 21.7 Å². The standard InChI is InChI=1S/C22H23ClN2O2S/c1-14-9-11-18(12-10-14)28-19-15(2)24-25(22(3,4)5)20(19)27-21(26)16-7-6-8-17(23)13-16/h6-13H,1-5H3. The molecule has 0 radical (unpaired) electrons. The Kier molecular flexibility index (Phi) is 5.87. The highest BCUT2D eigenvalue weighted by Gasteiger charge is 2.27. The van der Waals surface area contributed by atoms with Crippen molar-refractivity contribution in [1.29, 1.82) is 0 Å². The number of hydrogen-bond acceptors (Lipinski definition) is 4. The molecule has 0 saturated carbocycles. The van der Waals surface area contributed by atoms with Crippen LogP contribution in [-0.4, -0.2) is 15.7 Å². The van der Waals surface area contributed by atoms with Gasteiger partial charge in [0.2, 0.25) is 5.88 Å². The van der Waals surface area contributed by atoms with Crippen LogP contribution in [0.2, 0.25) is 5.02 Å². The number of halogens is 1. The monoisotopic (exact) mass is 414 g/mol. The summed E-state index contributed by atoms with van der Waals surface area (Å²) in [6.07, 6.45) is 0. The Morgan fingerprint density at radius 1 is 1.11 bits per heavy atom. The maximum absolute atomic E-state index is 12.8. The summed E-state index contributed by atoms with van der Waals surface area (Å²) >= 11 is 7.56. The Balaban J connectivity index is 2.01. The lowest BCUT2D eigenvalue weighted by Crippen LogP contribution is -2.25. The van der Waals surface area contributed by atoms with Crippen molar-refractivity contribution in [1.82, 2.24) is 9.78 Å². The molecule has 1 heterocycles. The van der Waals surface area contributed by atoms with E-state index >= 15 is 0 Å². The number of aromatic nitrogens is 2. The summed E-state index contributed by atoms with van der Waals surface area (Å²) in [6, 6.07) is 15.0. The molecule has 0 saturated heterocycles. The summed E-state index contributed by atoms with van der Waals surface area (Å²) < 4.78 is 7.61. The lowest BCUT2D eigenvalue weighted by molar-refractivity contribution is 0.0704. The predicted molar refractivity (Wildman–Crippen MR) is 114 cm³/mol. The number of nitrogens with zero attached hydrogens (tertiary/aromatic N) is 2. The SMILES string of the molecule is Cc1ccc(Sc2c(C)nn(C(C)(C)C)c2OC(=O)c2cccc(Cl)c2)cc1. The second kappa shape index (κ2) is 8.02. The fourth-order valence-corrected chi connectivity index (χ4v) is 3.74. The van der Waals surface area contributed by atoms with Crippen LogP contribution < -0.4 is 4.74 Å². The number of aryl methyl sites for hydroxylation is 2. The van der Waals surface area contributed by atoms with E-state index in [4.69, 9.17) is 16.3 Å². The lowest BCUT2D eigenvalue weighted by Gasteiger charge is -2.22. The molecule has 0 aliphatic carbocycles. The van der Waals surface area contributed by atoms with Crippen LogP contribution in [0.15, 0.2) is 58.3 Å². The summed E-state index contributed by atoms with van der Waals surface area (Å²) in [5.41, 5.74) is 2.06. The van der Waals surface area contributed by atoms with Gasteiger partial charge in [-0.1, -0.05) is 47.1 Å². The number of hydrogen-bond donors (Lipinski definition) is 0. The smallest absolute Gasteiger partial charge is 0.344 e. The first-order valence-corrected chi connectivity index (χ1v) is 10.2. The van der Waals surface area contributed by atoms with E-state index in [1.165, 1.54) is 5.56 Å². The minimum atomic E-state index is -0.460. The molecule has 1 aromatic heterocycles. The summed E-state index contributed by atoms with van der Waals surface area (Å²) in [6.45, 7) is 10.1. The second-order valence-electron chi connectivity index (χ2n) is 7.62. The van der Waals surface area contributed by atoms with Gasteiger partial charge in [0, 0.05) is 9.92 Å². The summed E-state index contributed by atoms with van der Waals surface area (Å²) in [7, 11) is 0. The van der Waals surface area contributed by atoms with Gasteiger partial charge >= 0.3 is 5.97 Å². The van der Waals surface area contributed by atoms with Crippen molar-refractivity contribution in [2.24, 2.45) is 0 Å². The molecule has 0 amide bonds. The van der Waals surface area contributed by atoms with Crippen LogP contribution in [-0.2, 0) is 5.54 Å². The normalized spacial score (nSPS) is 11.5. The van der Waals surface area contributed by atoms with Gasteiger partial charge in [-0.2, -0.15) is 5.10 Å². The van der Waals surface area contributed by atoms with Gasteiger partial charge in [-0.05, 0) is 65.0 Å². The Morgan fingerprint density at radius 3 is 2.39 bits per heavy atom. The van der Waals surface area contributed by atoms with Crippen molar-refractivity contribution in [3.05, 3.63) is 70.4 Å². The Labute approximate surface area is 174 Å². The highest BCUT2D eigenvalue weighted by Crippen LogP contribution is 2.40. The van der Waals surface area contributed by atoms with Crippen molar-refractivity contribution in [3.8, 4) is 5.88 Å². The van der Waals surface area contributed by atoms with Gasteiger partial charge in [0.15, 0.2) is 0 Å². The molecule has 146 valence electrons. The Morgan fingerprint density at radius 2 is 1.79 bits per heavy atom. The van der Waals surface area contributed by atoms with E-state index in [2.05, 4.69) is 36.3 Å². The molecule has 0 aliphatic rings. The molecule has 28 heavy (non-hydrogen) atoms. The molecule has 0 N–H and O–H groups in total. The average molecular weight is 415 g/mol. The number of ether oxygens (including phenoxy) is 1. The molecule has 0 bridgehead atoms. The lowest BCUT2D eigenvalue weighted by atomic mass is 10.1. The molecule has 3 aromatic rings. The van der Waals surface area contributed by atoms with Crippen LogP contribution in [0, 0.1) is 13.8 Å². The molecular weight excluding hydrogens is 392 g/mol. The zero-order chi connectivity index (χ0) is 20.5. The molecule has 2 aromatic carbocycles. The van der Waals surface area contributed by atoms with Crippen LogP contribution in [0.25, 0.3) is 0 Å². The third-order valence-corrected chi connectivity index (χ3v) is 5.51. The van der Waals surface area contributed by atoms with E-state index < -0.39 is 5.97 Å². The minimum absolute atomic E-state index is 0.346. The van der Waals surface area contributed by atoms with E-state index in [-0.39, 0.29) is 5.54 Å². The van der Waals surface area contributed by atoms with E-state index in [0.29, 0.717) is 16.5 Å². The van der Waals surface area contributed by atoms with Gasteiger partial charge in [-0.15, -0.1) is 0 Å². The third kappa shape index (κ3) is 4.59. The topological polar surface area (TPSA) is 44.1 Å². The molecule has 0 atom stereocenters. The van der Waals surface area contributed by atoms with E-state index in [1.807, 2.05) is 27.7 Å². The van der Waals surface area contributed by atoms with Crippen molar-refractivity contribution >= 4 is 29.3 Å². The molecular formula is C22H23ClN2O2S. The first kappa shape index (κ1) is 20.5. The molecule has 0 aliphatic heterocycles. The first-order chi connectivity index (χ1) is 13.1. The minimum Gasteiger partial charge on any atom is -0.403 e. The molecule has 0 unspecified atom stereocenters. The second-order valence-corrected chi connectivity index (χ2v) is 9.14. The quantitative estimate of drug-likeness (QED) is 0.471. The maximum Gasteiger partial charge on any atom is 0.344 e. The number of carbonyl (C=O) groups excluding carboxylic acids is 1. The van der Waals surface area contributed by atoms with Crippen LogP contribution in [0.1, 0.15) is 42.4 Å². The fourth-order valence-electron chi connectivity index (χ4n) is 2.64. The summed E-state index contributed by atoms with van der Waals surface area (Å²) in [4.78, 5) is 14.7. The van der Waals surface area contributed by atoms with Crippen molar-refractivity contribution in [3.63, 3.8) is 0 Å². The van der Waals surface area contributed by atoms with Gasteiger partial charge in [-0.25, -0.2) is 9.48 Å². The van der Waals surface area contributed by atoms with Crippen LogP contribution >= 0.6 is 23.4 Å². The van der Waals surface area contributed by atoms with Crippen LogP contribution in [0.3, 0.4) is 0 Å². The summed E-state index contributed by atoms with van der Waals surface area (Å²) in [5, 5.41) is 5.14. The third-order valence-electron chi connectivity index (χ3n) is 4.09. The van der Waals surface area contributed by atoms with Crippen LogP contribution in [0.5, 0.6) is 5.88 Å². The number of rotatable bonds is 4. The van der Waals surface area contributed by atoms with E-state index in [0.717, 1.165) is 15.5 Å². The van der Waals surface area contributed by atoms with E-state index in [1.54, 1.807) is 40.7 Å². The van der Waals surface area contributed by atoms with Gasteiger partial charge in [-0.3, -0.25) is 0 Å². The highest BCUT2D eigenvalue weighted by molar-refractivity contribution is 7.99.